The molecule has 1 aromatic rings. The Labute approximate surface area is 131 Å². The minimum Gasteiger partial charge on any atom is -0.486 e. The maximum atomic E-state index is 12.0. The van der Waals surface area contributed by atoms with E-state index in [4.69, 9.17) is 9.47 Å². The summed E-state index contributed by atoms with van der Waals surface area (Å²) in [5.74, 6) is 1.72. The van der Waals surface area contributed by atoms with Crippen LogP contribution in [0.25, 0.3) is 0 Å². The van der Waals surface area contributed by atoms with Crippen LogP contribution < -0.4 is 14.8 Å². The van der Waals surface area contributed by atoms with Crippen molar-refractivity contribution in [2.24, 2.45) is 0 Å². The van der Waals surface area contributed by atoms with Crippen LogP contribution in [0, 0.1) is 0 Å². The van der Waals surface area contributed by atoms with Gasteiger partial charge in [0.15, 0.2) is 11.5 Å². The topological polar surface area (TPSA) is 50.8 Å². The first kappa shape index (κ1) is 15.2. The van der Waals surface area contributed by atoms with Crippen LogP contribution in [0.4, 0.5) is 0 Å². The Morgan fingerprint density at radius 1 is 1.23 bits per heavy atom. The van der Waals surface area contributed by atoms with Crippen molar-refractivity contribution in [2.45, 2.75) is 38.3 Å². The third kappa shape index (κ3) is 3.91. The van der Waals surface area contributed by atoms with Gasteiger partial charge in [-0.2, -0.15) is 0 Å². The van der Waals surface area contributed by atoms with Crippen LogP contribution in [0.5, 0.6) is 11.5 Å². The summed E-state index contributed by atoms with van der Waals surface area (Å²) in [7, 11) is 1.96. The van der Waals surface area contributed by atoms with E-state index in [0.717, 1.165) is 29.9 Å². The fraction of sp³-hybridized carbons (Fsp3) is 0.588. The fourth-order valence-electron chi connectivity index (χ4n) is 3.14. The number of rotatable bonds is 5. The summed E-state index contributed by atoms with van der Waals surface area (Å²) in [5, 5.41) is 3.12. The number of carbonyl (C=O) groups excluding carboxylic acids is 1. The third-order valence-corrected chi connectivity index (χ3v) is 4.19. The number of ether oxygens (including phenoxy) is 2. The minimum absolute atomic E-state index is 0.118. The SMILES string of the molecule is CN(CC(=O)NC1CCCC1)Cc1ccc2c(c1)OCCO2. The molecule has 0 radical (unpaired) electrons. The molecule has 1 aliphatic heterocycles. The van der Waals surface area contributed by atoms with E-state index >= 15 is 0 Å². The highest BCUT2D eigenvalue weighted by Gasteiger charge is 2.18. The quantitative estimate of drug-likeness (QED) is 0.903. The average molecular weight is 304 g/mol. The van der Waals surface area contributed by atoms with E-state index in [2.05, 4.69) is 5.32 Å². The highest BCUT2D eigenvalue weighted by atomic mass is 16.6. The maximum Gasteiger partial charge on any atom is 0.234 e. The first-order valence-corrected chi connectivity index (χ1v) is 8.07. The molecule has 0 aromatic heterocycles. The van der Waals surface area contributed by atoms with Gasteiger partial charge in [0, 0.05) is 12.6 Å². The highest BCUT2D eigenvalue weighted by molar-refractivity contribution is 5.78. The molecule has 120 valence electrons. The number of nitrogens with one attached hydrogen (secondary N) is 1. The lowest BCUT2D eigenvalue weighted by Crippen LogP contribution is -2.39. The number of amides is 1. The highest BCUT2D eigenvalue weighted by Crippen LogP contribution is 2.31. The van der Waals surface area contributed by atoms with E-state index in [9.17, 15) is 4.79 Å². The summed E-state index contributed by atoms with van der Waals surface area (Å²) in [6, 6.07) is 6.35. The molecule has 0 atom stereocenters. The van der Waals surface area contributed by atoms with E-state index < -0.39 is 0 Å². The van der Waals surface area contributed by atoms with Crippen molar-refractivity contribution in [1.82, 2.24) is 10.2 Å². The van der Waals surface area contributed by atoms with Gasteiger partial charge in [-0.15, -0.1) is 0 Å². The Kier molecular flexibility index (Phi) is 4.83. The zero-order valence-corrected chi connectivity index (χ0v) is 13.1. The largest absolute Gasteiger partial charge is 0.486 e. The van der Waals surface area contributed by atoms with Gasteiger partial charge in [0.2, 0.25) is 5.91 Å². The first-order valence-electron chi connectivity index (χ1n) is 8.07. The van der Waals surface area contributed by atoms with Crippen LogP contribution in [-0.2, 0) is 11.3 Å². The Bertz CT molecular complexity index is 527. The molecule has 0 bridgehead atoms. The van der Waals surface area contributed by atoms with Crippen molar-refractivity contribution in [3.63, 3.8) is 0 Å². The van der Waals surface area contributed by atoms with Crippen molar-refractivity contribution in [1.29, 1.82) is 0 Å². The van der Waals surface area contributed by atoms with Gasteiger partial charge in [-0.05, 0) is 37.6 Å². The lowest BCUT2D eigenvalue weighted by molar-refractivity contribution is -0.122. The smallest absolute Gasteiger partial charge is 0.234 e. The van der Waals surface area contributed by atoms with Crippen LogP contribution in [0.15, 0.2) is 18.2 Å². The summed E-state index contributed by atoms with van der Waals surface area (Å²) in [5.41, 5.74) is 1.13. The van der Waals surface area contributed by atoms with Gasteiger partial charge in [0.1, 0.15) is 13.2 Å². The summed E-state index contributed by atoms with van der Waals surface area (Å²) < 4.78 is 11.1. The molecule has 1 amide bonds. The van der Waals surface area contributed by atoms with Crippen LogP contribution in [0.1, 0.15) is 31.2 Å². The molecule has 0 saturated heterocycles. The average Bonchev–Trinajstić information content (AvgIpc) is 2.99. The number of hydrogen-bond acceptors (Lipinski definition) is 4. The molecule has 1 aromatic carbocycles. The van der Waals surface area contributed by atoms with Crippen molar-refractivity contribution >= 4 is 5.91 Å². The second-order valence-corrected chi connectivity index (χ2v) is 6.20. The molecule has 3 rings (SSSR count). The molecule has 1 heterocycles. The molecular weight excluding hydrogens is 280 g/mol. The van der Waals surface area contributed by atoms with Gasteiger partial charge in [-0.25, -0.2) is 0 Å². The molecular formula is C17H24N2O3. The summed E-state index contributed by atoms with van der Waals surface area (Å²) in [6.07, 6.45) is 4.71. The molecule has 5 heteroatoms. The number of benzene rings is 1. The van der Waals surface area contributed by atoms with E-state index in [1.165, 1.54) is 12.8 Å². The molecule has 1 fully saturated rings. The lowest BCUT2D eigenvalue weighted by atomic mass is 10.2. The molecule has 5 nitrogen and oxygen atoms in total. The molecule has 1 aliphatic carbocycles. The predicted octanol–water partition coefficient (Wildman–Crippen LogP) is 1.95. The second kappa shape index (κ2) is 7.01. The number of fused-ring (bicyclic) bond motifs is 1. The number of carbonyl (C=O) groups is 1. The molecule has 2 aliphatic rings. The normalized spacial score (nSPS) is 17.7. The zero-order chi connectivity index (χ0) is 15.4. The van der Waals surface area contributed by atoms with Crippen LogP contribution in [-0.4, -0.2) is 43.7 Å². The predicted molar refractivity (Wildman–Crippen MR) is 84.2 cm³/mol. The lowest BCUT2D eigenvalue weighted by Gasteiger charge is -2.21. The van der Waals surface area contributed by atoms with Crippen molar-refractivity contribution < 1.29 is 14.3 Å². The number of likely N-dealkylation sites (N-methyl/N-ethyl adjacent to an activating group) is 1. The van der Waals surface area contributed by atoms with Gasteiger partial charge in [0.25, 0.3) is 0 Å². The Morgan fingerprint density at radius 2 is 1.95 bits per heavy atom. The standard InChI is InChI=1S/C17H24N2O3/c1-19(12-17(20)18-14-4-2-3-5-14)11-13-6-7-15-16(10-13)22-9-8-21-15/h6-7,10,14H,2-5,8-9,11-12H2,1H3,(H,18,20). The van der Waals surface area contributed by atoms with E-state index in [0.29, 0.717) is 32.3 Å². The van der Waals surface area contributed by atoms with Gasteiger partial charge in [-0.1, -0.05) is 18.9 Å². The molecule has 0 unspecified atom stereocenters. The van der Waals surface area contributed by atoms with E-state index in [-0.39, 0.29) is 5.91 Å². The van der Waals surface area contributed by atoms with Crippen LogP contribution in [0.3, 0.4) is 0 Å². The monoisotopic (exact) mass is 304 g/mol. The van der Waals surface area contributed by atoms with Crippen molar-refractivity contribution in [3.8, 4) is 11.5 Å². The number of nitrogens with zero attached hydrogens (tertiary/aromatic N) is 1. The number of hydrogen-bond donors (Lipinski definition) is 1. The zero-order valence-electron chi connectivity index (χ0n) is 13.1. The van der Waals surface area contributed by atoms with Gasteiger partial charge in [0.05, 0.1) is 6.54 Å². The van der Waals surface area contributed by atoms with Crippen molar-refractivity contribution in [3.05, 3.63) is 23.8 Å². The van der Waals surface area contributed by atoms with Gasteiger partial charge < -0.3 is 14.8 Å². The maximum absolute atomic E-state index is 12.0. The van der Waals surface area contributed by atoms with Crippen LogP contribution >= 0.6 is 0 Å². The van der Waals surface area contributed by atoms with E-state index in [1.807, 2.05) is 30.1 Å². The summed E-state index contributed by atoms with van der Waals surface area (Å²) >= 11 is 0. The minimum atomic E-state index is 0.118. The first-order chi connectivity index (χ1) is 10.7. The Morgan fingerprint density at radius 3 is 2.73 bits per heavy atom. The second-order valence-electron chi connectivity index (χ2n) is 6.20. The molecule has 0 spiro atoms. The van der Waals surface area contributed by atoms with Crippen LogP contribution in [0.2, 0.25) is 0 Å². The Hall–Kier alpha value is -1.75. The third-order valence-electron chi connectivity index (χ3n) is 4.19. The molecule has 1 saturated carbocycles. The summed E-state index contributed by atoms with van der Waals surface area (Å²) in [6.45, 7) is 2.34. The van der Waals surface area contributed by atoms with E-state index in [1.54, 1.807) is 0 Å². The van der Waals surface area contributed by atoms with Gasteiger partial charge in [-0.3, -0.25) is 9.69 Å². The van der Waals surface area contributed by atoms with Crippen molar-refractivity contribution in [2.75, 3.05) is 26.8 Å². The fourth-order valence-corrected chi connectivity index (χ4v) is 3.14. The summed E-state index contributed by atoms with van der Waals surface area (Å²) in [4.78, 5) is 14.1. The Balaban J connectivity index is 1.50. The molecule has 22 heavy (non-hydrogen) atoms. The molecule has 1 N–H and O–H groups in total. The van der Waals surface area contributed by atoms with Gasteiger partial charge >= 0.3 is 0 Å².